The third kappa shape index (κ3) is 5.12. The maximum Gasteiger partial charge on any atom is 0.244 e. The van der Waals surface area contributed by atoms with E-state index >= 15 is 0 Å². The van der Waals surface area contributed by atoms with Gasteiger partial charge in [-0.05, 0) is 49.2 Å². The molecule has 0 aromatic heterocycles. The molecule has 0 unspecified atom stereocenters. The number of hydrogen-bond donors (Lipinski definition) is 0. The lowest BCUT2D eigenvalue weighted by Crippen LogP contribution is -2.53. The summed E-state index contributed by atoms with van der Waals surface area (Å²) in [7, 11) is 2.26. The van der Waals surface area contributed by atoms with Crippen molar-refractivity contribution in [2.45, 2.75) is 31.7 Å². The Labute approximate surface area is 179 Å². The van der Waals surface area contributed by atoms with Gasteiger partial charge < -0.3 is 14.4 Å². The van der Waals surface area contributed by atoms with Crippen molar-refractivity contribution < 1.29 is 22.7 Å². The van der Waals surface area contributed by atoms with Crippen LogP contribution >= 0.6 is 0 Å². The van der Waals surface area contributed by atoms with Crippen molar-refractivity contribution in [1.82, 2.24) is 9.21 Å². The molecule has 2 rings (SSSR count). The van der Waals surface area contributed by atoms with E-state index in [1.54, 1.807) is 52.6 Å². The Morgan fingerprint density at radius 1 is 0.833 bits per heavy atom. The predicted molar refractivity (Wildman–Crippen MR) is 117 cm³/mol. The molecule has 0 fully saturated rings. The second-order valence-electron chi connectivity index (χ2n) is 7.68. The Hall–Kier alpha value is -2.58. The van der Waals surface area contributed by atoms with Gasteiger partial charge in [-0.1, -0.05) is 24.3 Å². The van der Waals surface area contributed by atoms with Gasteiger partial charge in [-0.25, -0.2) is 8.42 Å². The molecule has 0 saturated heterocycles. The molecular weight excluding hydrogens is 404 g/mol. The van der Waals surface area contributed by atoms with Crippen LogP contribution in [0.25, 0.3) is 0 Å². The van der Waals surface area contributed by atoms with Crippen molar-refractivity contribution in [3.05, 3.63) is 59.7 Å². The number of methoxy groups -OCH3 is 2. The van der Waals surface area contributed by atoms with Crippen LogP contribution in [0.4, 0.5) is 0 Å². The normalized spacial score (nSPS) is 12.0. The van der Waals surface area contributed by atoms with Crippen molar-refractivity contribution >= 4 is 15.9 Å². The minimum Gasteiger partial charge on any atom is -0.497 e. The van der Waals surface area contributed by atoms with Gasteiger partial charge in [0.1, 0.15) is 11.5 Å². The highest BCUT2D eigenvalue weighted by Gasteiger charge is 2.46. The van der Waals surface area contributed by atoms with E-state index in [0.717, 1.165) is 11.1 Å². The van der Waals surface area contributed by atoms with Crippen LogP contribution in [0.3, 0.4) is 0 Å². The molecule has 0 atom stereocenters. The zero-order valence-corrected chi connectivity index (χ0v) is 19.2. The minimum atomic E-state index is -3.99. The zero-order chi connectivity index (χ0) is 22.5. The van der Waals surface area contributed by atoms with Crippen molar-refractivity contribution in [3.8, 4) is 11.5 Å². The topological polar surface area (TPSA) is 76.1 Å². The number of rotatable bonds is 9. The summed E-state index contributed by atoms with van der Waals surface area (Å²) in [4.78, 5) is 14.0. The van der Waals surface area contributed by atoms with Crippen molar-refractivity contribution in [1.29, 1.82) is 0 Å². The van der Waals surface area contributed by atoms with Gasteiger partial charge in [0.05, 0.1) is 14.2 Å². The van der Waals surface area contributed by atoms with Gasteiger partial charge in [-0.3, -0.25) is 4.79 Å². The molecule has 0 saturated carbocycles. The third-order valence-corrected chi connectivity index (χ3v) is 7.34. The molecule has 0 heterocycles. The molecule has 0 aliphatic carbocycles. The monoisotopic (exact) mass is 434 g/mol. The van der Waals surface area contributed by atoms with E-state index in [1.165, 1.54) is 23.1 Å². The van der Waals surface area contributed by atoms with Gasteiger partial charge in [0.2, 0.25) is 15.9 Å². The third-order valence-electron chi connectivity index (χ3n) is 4.94. The van der Waals surface area contributed by atoms with Crippen LogP contribution in [0.5, 0.6) is 11.5 Å². The van der Waals surface area contributed by atoms with E-state index < -0.39 is 20.7 Å². The van der Waals surface area contributed by atoms with Crippen LogP contribution in [0.1, 0.15) is 25.0 Å². The van der Waals surface area contributed by atoms with E-state index in [-0.39, 0.29) is 13.1 Å². The number of carbonyl (C=O) groups is 1. The molecule has 164 valence electrons. The standard InChI is InChI=1S/C22H30N2O5S/c1-22(2,21(25)23(3)4)30(26,27)24(15-17-7-11-19(28-5)12-8-17)16-18-9-13-20(29-6)14-10-18/h7-14H,15-16H2,1-6H3. The van der Waals surface area contributed by atoms with Crippen LogP contribution < -0.4 is 9.47 Å². The Bertz CT molecular complexity index is 903. The summed E-state index contributed by atoms with van der Waals surface area (Å²) in [5.41, 5.74) is 1.59. The first-order chi connectivity index (χ1) is 14.0. The summed E-state index contributed by atoms with van der Waals surface area (Å²) in [5.74, 6) is 0.898. The number of hydrogen-bond acceptors (Lipinski definition) is 5. The SMILES string of the molecule is COc1ccc(CN(Cc2ccc(OC)cc2)S(=O)(=O)C(C)(C)C(=O)N(C)C)cc1. The van der Waals surface area contributed by atoms with Crippen LogP contribution in [-0.2, 0) is 27.9 Å². The molecule has 7 nitrogen and oxygen atoms in total. The summed E-state index contributed by atoms with van der Waals surface area (Å²) >= 11 is 0. The highest BCUT2D eigenvalue weighted by Crippen LogP contribution is 2.27. The molecule has 2 aromatic rings. The Morgan fingerprint density at radius 2 is 1.20 bits per heavy atom. The molecular formula is C22H30N2O5S. The highest BCUT2D eigenvalue weighted by molar-refractivity contribution is 7.91. The summed E-state index contributed by atoms with van der Waals surface area (Å²) in [5, 5.41) is 0. The average molecular weight is 435 g/mol. The largest absolute Gasteiger partial charge is 0.497 e. The van der Waals surface area contributed by atoms with Gasteiger partial charge in [0.25, 0.3) is 0 Å². The number of amides is 1. The summed E-state index contributed by atoms with van der Waals surface area (Å²) < 4.78 is 37.2. The summed E-state index contributed by atoms with van der Waals surface area (Å²) in [6.45, 7) is 3.14. The lowest BCUT2D eigenvalue weighted by Gasteiger charge is -2.33. The van der Waals surface area contributed by atoms with Gasteiger partial charge >= 0.3 is 0 Å². The Kier molecular flexibility index (Phi) is 7.49. The average Bonchev–Trinajstić information content (AvgIpc) is 2.73. The van der Waals surface area contributed by atoms with E-state index in [1.807, 2.05) is 24.3 Å². The number of ether oxygens (including phenoxy) is 2. The lowest BCUT2D eigenvalue weighted by atomic mass is 10.2. The van der Waals surface area contributed by atoms with Crippen molar-refractivity contribution in [3.63, 3.8) is 0 Å². The highest BCUT2D eigenvalue weighted by atomic mass is 32.2. The first-order valence-electron chi connectivity index (χ1n) is 9.50. The fraction of sp³-hybridized carbons (Fsp3) is 0.409. The zero-order valence-electron chi connectivity index (χ0n) is 18.4. The van der Waals surface area contributed by atoms with E-state index in [4.69, 9.17) is 9.47 Å². The van der Waals surface area contributed by atoms with Gasteiger partial charge in [0.15, 0.2) is 4.75 Å². The first-order valence-corrected chi connectivity index (χ1v) is 10.9. The van der Waals surface area contributed by atoms with E-state index in [2.05, 4.69) is 0 Å². The molecule has 30 heavy (non-hydrogen) atoms. The molecule has 2 aromatic carbocycles. The fourth-order valence-electron chi connectivity index (χ4n) is 3.07. The maximum atomic E-state index is 13.6. The number of carbonyl (C=O) groups excluding carboxylic acids is 1. The fourth-order valence-corrected chi connectivity index (χ4v) is 4.75. The molecule has 0 aliphatic heterocycles. The lowest BCUT2D eigenvalue weighted by molar-refractivity contribution is -0.130. The molecule has 0 N–H and O–H groups in total. The van der Waals surface area contributed by atoms with Crippen LogP contribution in [0.2, 0.25) is 0 Å². The number of nitrogens with zero attached hydrogens (tertiary/aromatic N) is 2. The van der Waals surface area contributed by atoms with Crippen LogP contribution in [0, 0.1) is 0 Å². The quantitative estimate of drug-likeness (QED) is 0.607. The van der Waals surface area contributed by atoms with Gasteiger partial charge in [0, 0.05) is 27.2 Å². The molecule has 0 aliphatic rings. The van der Waals surface area contributed by atoms with Crippen molar-refractivity contribution in [2.75, 3.05) is 28.3 Å². The minimum absolute atomic E-state index is 0.127. The van der Waals surface area contributed by atoms with Gasteiger partial charge in [-0.2, -0.15) is 4.31 Å². The molecule has 8 heteroatoms. The summed E-state index contributed by atoms with van der Waals surface area (Å²) in [6, 6.07) is 14.4. The molecule has 0 spiro atoms. The predicted octanol–water partition coefficient (Wildman–Crippen LogP) is 2.90. The molecule has 0 radical (unpaired) electrons. The van der Waals surface area contributed by atoms with E-state index in [9.17, 15) is 13.2 Å². The molecule has 1 amide bonds. The van der Waals surface area contributed by atoms with Crippen LogP contribution in [0.15, 0.2) is 48.5 Å². The van der Waals surface area contributed by atoms with Crippen LogP contribution in [-0.4, -0.2) is 56.6 Å². The summed E-state index contributed by atoms with van der Waals surface area (Å²) in [6.07, 6.45) is 0. The van der Waals surface area contributed by atoms with E-state index in [0.29, 0.717) is 11.5 Å². The first kappa shape index (κ1) is 23.7. The second-order valence-corrected chi connectivity index (χ2v) is 10.2. The van der Waals surface area contributed by atoms with Crippen molar-refractivity contribution in [2.24, 2.45) is 0 Å². The van der Waals surface area contributed by atoms with Gasteiger partial charge in [-0.15, -0.1) is 0 Å². The molecule has 0 bridgehead atoms. The number of benzene rings is 2. The smallest absolute Gasteiger partial charge is 0.244 e. The Morgan fingerprint density at radius 3 is 1.50 bits per heavy atom. The maximum absolute atomic E-state index is 13.6. The second kappa shape index (κ2) is 9.49. The Balaban J connectivity index is 2.43. The number of sulfonamides is 1.